The lowest BCUT2D eigenvalue weighted by Crippen LogP contribution is -2.39. The van der Waals surface area contributed by atoms with Gasteiger partial charge in [0.05, 0.1) is 44.1 Å². The number of benzene rings is 1. The van der Waals surface area contributed by atoms with Gasteiger partial charge in [-0.3, -0.25) is 14.3 Å². The van der Waals surface area contributed by atoms with Crippen LogP contribution >= 0.6 is 0 Å². The first-order valence-electron chi connectivity index (χ1n) is 9.38. The van der Waals surface area contributed by atoms with Crippen molar-refractivity contribution in [3.05, 3.63) is 47.3 Å². The molecule has 3 rings (SSSR count). The maximum absolute atomic E-state index is 12.4. The van der Waals surface area contributed by atoms with E-state index >= 15 is 0 Å². The lowest BCUT2D eigenvalue weighted by Gasteiger charge is -2.22. The largest absolute Gasteiger partial charge is 0.496 e. The normalized spacial score (nSPS) is 15.6. The highest BCUT2D eigenvalue weighted by Gasteiger charge is 2.25. The summed E-state index contributed by atoms with van der Waals surface area (Å²) in [6, 6.07) is 6.77. The fourth-order valence-corrected chi connectivity index (χ4v) is 3.37. The van der Waals surface area contributed by atoms with E-state index < -0.39 is 0 Å². The zero-order valence-corrected chi connectivity index (χ0v) is 16.2. The van der Waals surface area contributed by atoms with Crippen molar-refractivity contribution in [2.45, 2.75) is 31.8 Å². The summed E-state index contributed by atoms with van der Waals surface area (Å²) >= 11 is 0. The molecule has 1 aliphatic carbocycles. The van der Waals surface area contributed by atoms with E-state index in [0.29, 0.717) is 24.5 Å². The van der Waals surface area contributed by atoms with E-state index in [-0.39, 0.29) is 24.4 Å². The van der Waals surface area contributed by atoms with Crippen LogP contribution in [0.15, 0.2) is 30.5 Å². The third-order valence-electron chi connectivity index (χ3n) is 4.76. The Hall–Kier alpha value is -2.87. The van der Waals surface area contributed by atoms with Crippen molar-refractivity contribution in [2.24, 2.45) is 0 Å². The fraction of sp³-hybridized carbons (Fsp3) is 0.450. The molecule has 0 saturated carbocycles. The summed E-state index contributed by atoms with van der Waals surface area (Å²) in [6.07, 6.45) is 4.80. The van der Waals surface area contributed by atoms with Crippen molar-refractivity contribution in [1.29, 1.82) is 0 Å². The second-order valence-electron chi connectivity index (χ2n) is 6.69. The Kier molecular flexibility index (Phi) is 6.65. The van der Waals surface area contributed by atoms with Crippen LogP contribution in [0.4, 0.5) is 0 Å². The Balaban J connectivity index is 1.57. The van der Waals surface area contributed by atoms with E-state index in [9.17, 15) is 9.59 Å². The lowest BCUT2D eigenvalue weighted by molar-refractivity contribution is -0.121. The van der Waals surface area contributed by atoms with Crippen LogP contribution in [0.25, 0.3) is 0 Å². The maximum atomic E-state index is 12.4. The minimum Gasteiger partial charge on any atom is -0.496 e. The standard InChI is InChI=1S/C20H26N4O4/c1-27-11-10-24-13-14-6-5-8-16(19(14)23-24)22-18(25)12-21-20(26)15-7-3-4-9-17(15)28-2/h3-4,7,9,13,16H,5-6,8,10-12H2,1-2H3,(H,21,26)(H,22,25)/t16-/m0/s1. The molecule has 0 saturated heterocycles. The number of carbonyl (C=O) groups excluding carboxylic acids is 2. The van der Waals surface area contributed by atoms with Gasteiger partial charge in [-0.2, -0.15) is 5.10 Å². The van der Waals surface area contributed by atoms with E-state index in [1.807, 2.05) is 10.9 Å². The first kappa shape index (κ1) is 19.9. The molecule has 0 fully saturated rings. The number of aromatic nitrogens is 2. The molecule has 1 aliphatic rings. The minimum absolute atomic E-state index is 0.104. The summed E-state index contributed by atoms with van der Waals surface area (Å²) < 4.78 is 12.1. The Morgan fingerprint density at radius 2 is 2.11 bits per heavy atom. The highest BCUT2D eigenvalue weighted by molar-refractivity contribution is 5.98. The zero-order valence-electron chi connectivity index (χ0n) is 16.2. The van der Waals surface area contributed by atoms with Crippen LogP contribution < -0.4 is 15.4 Å². The van der Waals surface area contributed by atoms with Crippen LogP contribution in [0.2, 0.25) is 0 Å². The highest BCUT2D eigenvalue weighted by atomic mass is 16.5. The number of hydrogen-bond acceptors (Lipinski definition) is 5. The van der Waals surface area contributed by atoms with E-state index in [4.69, 9.17) is 9.47 Å². The van der Waals surface area contributed by atoms with Crippen molar-refractivity contribution in [3.8, 4) is 5.75 Å². The molecule has 8 heteroatoms. The minimum atomic E-state index is -0.347. The van der Waals surface area contributed by atoms with Crippen LogP contribution in [-0.2, 0) is 22.5 Å². The number of nitrogens with one attached hydrogen (secondary N) is 2. The summed E-state index contributed by atoms with van der Waals surface area (Å²) in [5.74, 6) is -0.118. The van der Waals surface area contributed by atoms with Gasteiger partial charge in [-0.25, -0.2) is 0 Å². The molecule has 150 valence electrons. The number of aryl methyl sites for hydroxylation is 1. The van der Waals surface area contributed by atoms with Gasteiger partial charge in [0, 0.05) is 13.3 Å². The highest BCUT2D eigenvalue weighted by Crippen LogP contribution is 2.28. The summed E-state index contributed by atoms with van der Waals surface area (Å²) in [4.78, 5) is 24.7. The summed E-state index contributed by atoms with van der Waals surface area (Å²) in [6.45, 7) is 1.17. The molecule has 2 aromatic rings. The van der Waals surface area contributed by atoms with Gasteiger partial charge >= 0.3 is 0 Å². The van der Waals surface area contributed by atoms with Gasteiger partial charge in [-0.1, -0.05) is 12.1 Å². The monoisotopic (exact) mass is 386 g/mol. The molecule has 0 unspecified atom stereocenters. The molecule has 1 atom stereocenters. The number of carbonyl (C=O) groups is 2. The quantitative estimate of drug-likeness (QED) is 0.716. The van der Waals surface area contributed by atoms with Gasteiger partial charge in [0.1, 0.15) is 5.75 Å². The molecule has 1 aromatic carbocycles. The average Bonchev–Trinajstić information content (AvgIpc) is 3.14. The van der Waals surface area contributed by atoms with Gasteiger partial charge in [0.15, 0.2) is 0 Å². The lowest BCUT2D eigenvalue weighted by atomic mass is 9.94. The number of fused-ring (bicyclic) bond motifs is 1. The Bertz CT molecular complexity index is 833. The third-order valence-corrected chi connectivity index (χ3v) is 4.76. The number of amides is 2. The molecule has 28 heavy (non-hydrogen) atoms. The van der Waals surface area contributed by atoms with E-state index in [0.717, 1.165) is 30.5 Å². The van der Waals surface area contributed by atoms with Gasteiger partial charge in [0.25, 0.3) is 5.91 Å². The number of para-hydroxylation sites is 1. The topological polar surface area (TPSA) is 94.5 Å². The van der Waals surface area contributed by atoms with Crippen LogP contribution in [0.5, 0.6) is 5.75 Å². The molecular formula is C20H26N4O4. The average molecular weight is 386 g/mol. The van der Waals surface area contributed by atoms with Crippen LogP contribution in [0.1, 0.15) is 40.5 Å². The Morgan fingerprint density at radius 1 is 1.29 bits per heavy atom. The van der Waals surface area contributed by atoms with Gasteiger partial charge < -0.3 is 20.1 Å². The summed E-state index contributed by atoms with van der Waals surface area (Å²) in [5.41, 5.74) is 2.46. The van der Waals surface area contributed by atoms with Crippen LogP contribution in [-0.4, -0.2) is 49.0 Å². The van der Waals surface area contributed by atoms with Crippen LogP contribution in [0.3, 0.4) is 0 Å². The molecule has 0 bridgehead atoms. The molecule has 8 nitrogen and oxygen atoms in total. The number of rotatable bonds is 8. The van der Waals surface area contributed by atoms with Crippen molar-refractivity contribution in [1.82, 2.24) is 20.4 Å². The fourth-order valence-electron chi connectivity index (χ4n) is 3.37. The predicted octanol–water partition coefficient (Wildman–Crippen LogP) is 1.46. The van der Waals surface area contributed by atoms with Crippen LogP contribution in [0, 0.1) is 0 Å². The molecule has 2 N–H and O–H groups in total. The molecular weight excluding hydrogens is 360 g/mol. The number of ether oxygens (including phenoxy) is 2. The van der Waals surface area contributed by atoms with E-state index in [2.05, 4.69) is 15.7 Å². The van der Waals surface area contributed by atoms with Gasteiger partial charge in [0.2, 0.25) is 5.91 Å². The Morgan fingerprint density at radius 3 is 2.89 bits per heavy atom. The molecule has 2 amide bonds. The molecule has 1 aromatic heterocycles. The predicted molar refractivity (Wildman–Crippen MR) is 103 cm³/mol. The number of nitrogens with zero attached hydrogens (tertiary/aromatic N) is 2. The zero-order chi connectivity index (χ0) is 19.9. The summed E-state index contributed by atoms with van der Waals surface area (Å²) in [5, 5.41) is 10.2. The van der Waals surface area contributed by atoms with Crippen molar-refractivity contribution >= 4 is 11.8 Å². The van der Waals surface area contributed by atoms with Crippen molar-refractivity contribution < 1.29 is 19.1 Å². The first-order valence-corrected chi connectivity index (χ1v) is 9.38. The van der Waals surface area contributed by atoms with E-state index in [1.165, 1.54) is 7.11 Å². The maximum Gasteiger partial charge on any atom is 0.255 e. The first-order chi connectivity index (χ1) is 13.6. The smallest absolute Gasteiger partial charge is 0.255 e. The third kappa shape index (κ3) is 4.69. The summed E-state index contributed by atoms with van der Waals surface area (Å²) in [7, 11) is 3.16. The molecule has 1 heterocycles. The second-order valence-corrected chi connectivity index (χ2v) is 6.69. The molecule has 0 aliphatic heterocycles. The van der Waals surface area contributed by atoms with Crippen molar-refractivity contribution in [2.75, 3.05) is 27.4 Å². The second kappa shape index (κ2) is 9.36. The number of hydrogen-bond donors (Lipinski definition) is 2. The molecule has 0 spiro atoms. The van der Waals surface area contributed by atoms with Gasteiger partial charge in [-0.05, 0) is 37.0 Å². The van der Waals surface area contributed by atoms with Gasteiger partial charge in [-0.15, -0.1) is 0 Å². The van der Waals surface area contributed by atoms with E-state index in [1.54, 1.807) is 31.4 Å². The molecule has 0 radical (unpaired) electrons. The number of methoxy groups -OCH3 is 2. The SMILES string of the molecule is COCCn1cc2c(n1)[C@@H](NC(=O)CNC(=O)c1ccccc1OC)CCC2. The Labute approximate surface area is 164 Å². The van der Waals surface area contributed by atoms with Crippen molar-refractivity contribution in [3.63, 3.8) is 0 Å².